The van der Waals surface area contributed by atoms with E-state index in [0.717, 1.165) is 24.1 Å². The monoisotopic (exact) mass is 296 g/mol. The molecule has 1 aliphatic rings. The van der Waals surface area contributed by atoms with Gasteiger partial charge in [-0.15, -0.1) is 11.3 Å². The van der Waals surface area contributed by atoms with Crippen LogP contribution in [0.1, 0.15) is 54.9 Å². The fourth-order valence-electron chi connectivity index (χ4n) is 2.54. The van der Waals surface area contributed by atoms with Crippen molar-refractivity contribution in [2.75, 3.05) is 6.54 Å². The minimum atomic E-state index is -0.406. The summed E-state index contributed by atoms with van der Waals surface area (Å²) >= 11 is 1.61. The van der Waals surface area contributed by atoms with Gasteiger partial charge in [0.05, 0.1) is 6.10 Å². The van der Waals surface area contributed by atoms with Gasteiger partial charge in [-0.05, 0) is 38.3 Å². The van der Waals surface area contributed by atoms with E-state index in [4.69, 9.17) is 0 Å². The maximum Gasteiger partial charge on any atom is 0.315 e. The van der Waals surface area contributed by atoms with Gasteiger partial charge < -0.3 is 15.7 Å². The van der Waals surface area contributed by atoms with E-state index >= 15 is 0 Å². The average molecular weight is 296 g/mol. The molecule has 1 aromatic rings. The summed E-state index contributed by atoms with van der Waals surface area (Å²) < 4.78 is 0. The molecule has 2 amide bonds. The van der Waals surface area contributed by atoms with Crippen molar-refractivity contribution in [2.24, 2.45) is 0 Å². The fourth-order valence-corrected chi connectivity index (χ4v) is 3.49. The highest BCUT2D eigenvalue weighted by Gasteiger charge is 2.15. The van der Waals surface area contributed by atoms with Gasteiger partial charge in [-0.1, -0.05) is 19.3 Å². The van der Waals surface area contributed by atoms with Crippen LogP contribution in [0, 0.1) is 0 Å². The van der Waals surface area contributed by atoms with Crippen molar-refractivity contribution in [3.05, 3.63) is 21.9 Å². The standard InChI is InChI=1S/C15H24N2O2S/c1-11(18)14-8-7-13(20-14)9-10-16-15(19)17-12-5-3-2-4-6-12/h7-8,11-12,18H,2-6,9-10H2,1H3,(H2,16,17,19). The SMILES string of the molecule is CC(O)c1ccc(CCNC(=O)NC2CCCCC2)s1. The number of nitrogens with one attached hydrogen (secondary N) is 2. The second-order valence-electron chi connectivity index (χ2n) is 5.47. The number of hydrogen-bond donors (Lipinski definition) is 3. The third-order valence-electron chi connectivity index (χ3n) is 3.69. The smallest absolute Gasteiger partial charge is 0.315 e. The Morgan fingerprint density at radius 3 is 2.80 bits per heavy atom. The molecule has 3 N–H and O–H groups in total. The van der Waals surface area contributed by atoms with Gasteiger partial charge in [0.1, 0.15) is 0 Å². The van der Waals surface area contributed by atoms with Crippen LogP contribution < -0.4 is 10.6 Å². The van der Waals surface area contributed by atoms with Crippen molar-refractivity contribution in [3.63, 3.8) is 0 Å². The molecule has 1 saturated carbocycles. The van der Waals surface area contributed by atoms with Crippen LogP contribution in [0.3, 0.4) is 0 Å². The molecule has 0 aromatic carbocycles. The summed E-state index contributed by atoms with van der Waals surface area (Å²) in [7, 11) is 0. The molecule has 1 aliphatic carbocycles. The van der Waals surface area contributed by atoms with E-state index in [0.29, 0.717) is 12.6 Å². The number of rotatable bonds is 5. The molecule has 1 aromatic heterocycles. The minimum Gasteiger partial charge on any atom is -0.388 e. The highest BCUT2D eigenvalue weighted by Crippen LogP contribution is 2.23. The first kappa shape index (κ1) is 15.3. The van der Waals surface area contributed by atoms with Crippen LogP contribution in [0.2, 0.25) is 0 Å². The molecule has 4 nitrogen and oxygen atoms in total. The molecular weight excluding hydrogens is 272 g/mol. The van der Waals surface area contributed by atoms with E-state index in [1.165, 1.54) is 24.1 Å². The first-order valence-electron chi connectivity index (χ1n) is 7.46. The van der Waals surface area contributed by atoms with Crippen molar-refractivity contribution in [1.29, 1.82) is 0 Å². The Bertz CT molecular complexity index is 425. The van der Waals surface area contributed by atoms with Crippen LogP contribution in [-0.2, 0) is 6.42 Å². The molecule has 1 heterocycles. The molecule has 0 saturated heterocycles. The molecule has 20 heavy (non-hydrogen) atoms. The van der Waals surface area contributed by atoms with Crippen molar-refractivity contribution in [2.45, 2.75) is 57.6 Å². The lowest BCUT2D eigenvalue weighted by Crippen LogP contribution is -2.43. The molecule has 112 valence electrons. The second kappa shape index (κ2) is 7.64. The van der Waals surface area contributed by atoms with E-state index in [-0.39, 0.29) is 6.03 Å². The van der Waals surface area contributed by atoms with Crippen molar-refractivity contribution in [3.8, 4) is 0 Å². The lowest BCUT2D eigenvalue weighted by molar-refractivity contribution is 0.203. The Hall–Kier alpha value is -1.07. The number of amides is 2. The van der Waals surface area contributed by atoms with Crippen LogP contribution >= 0.6 is 11.3 Å². The van der Waals surface area contributed by atoms with Crippen molar-refractivity contribution >= 4 is 17.4 Å². The van der Waals surface area contributed by atoms with Crippen LogP contribution in [-0.4, -0.2) is 23.7 Å². The first-order chi connectivity index (χ1) is 9.65. The normalized spacial score (nSPS) is 17.7. The summed E-state index contributed by atoms with van der Waals surface area (Å²) in [5.41, 5.74) is 0. The summed E-state index contributed by atoms with van der Waals surface area (Å²) in [6.07, 6.45) is 6.37. The minimum absolute atomic E-state index is 0.0517. The number of aliphatic hydroxyl groups is 1. The summed E-state index contributed by atoms with van der Waals surface area (Å²) in [5, 5.41) is 15.4. The summed E-state index contributed by atoms with van der Waals surface area (Å²) in [4.78, 5) is 13.9. The second-order valence-corrected chi connectivity index (χ2v) is 6.67. The molecule has 2 rings (SSSR count). The molecule has 5 heteroatoms. The summed E-state index contributed by atoms with van der Waals surface area (Å²) in [5.74, 6) is 0. The third-order valence-corrected chi connectivity index (χ3v) is 5.01. The lowest BCUT2D eigenvalue weighted by atomic mass is 9.96. The predicted molar refractivity (Wildman–Crippen MR) is 82.1 cm³/mol. The van der Waals surface area contributed by atoms with Gasteiger partial charge in [-0.25, -0.2) is 4.79 Å². The van der Waals surface area contributed by atoms with E-state index in [9.17, 15) is 9.90 Å². The van der Waals surface area contributed by atoms with Crippen LogP contribution in [0.4, 0.5) is 4.79 Å². The Morgan fingerprint density at radius 1 is 1.40 bits per heavy atom. The molecule has 0 radical (unpaired) electrons. The molecule has 1 atom stereocenters. The first-order valence-corrected chi connectivity index (χ1v) is 8.28. The predicted octanol–water partition coefficient (Wildman–Crippen LogP) is 2.98. The Kier molecular flexibility index (Phi) is 5.86. The number of carbonyl (C=O) groups excluding carboxylic acids is 1. The van der Waals surface area contributed by atoms with E-state index in [1.807, 2.05) is 12.1 Å². The zero-order valence-electron chi connectivity index (χ0n) is 12.0. The number of thiophene rings is 1. The van der Waals surface area contributed by atoms with Crippen LogP contribution in [0.15, 0.2) is 12.1 Å². The summed E-state index contributed by atoms with van der Waals surface area (Å²) in [6, 6.07) is 4.27. The van der Waals surface area contributed by atoms with Crippen LogP contribution in [0.5, 0.6) is 0 Å². The topological polar surface area (TPSA) is 61.4 Å². The lowest BCUT2D eigenvalue weighted by Gasteiger charge is -2.22. The van der Waals surface area contributed by atoms with Crippen molar-refractivity contribution in [1.82, 2.24) is 10.6 Å². The summed E-state index contributed by atoms with van der Waals surface area (Å²) in [6.45, 7) is 2.41. The maximum atomic E-state index is 11.8. The van der Waals surface area contributed by atoms with Gasteiger partial charge in [0.15, 0.2) is 0 Å². The third kappa shape index (κ3) is 4.80. The highest BCUT2D eigenvalue weighted by atomic mass is 32.1. The van der Waals surface area contributed by atoms with Gasteiger partial charge >= 0.3 is 6.03 Å². The zero-order valence-corrected chi connectivity index (χ0v) is 12.8. The molecular formula is C15H24N2O2S. The van der Waals surface area contributed by atoms with Gasteiger partial charge in [0, 0.05) is 22.3 Å². The molecule has 0 spiro atoms. The fraction of sp³-hybridized carbons (Fsp3) is 0.667. The highest BCUT2D eigenvalue weighted by molar-refractivity contribution is 7.12. The van der Waals surface area contributed by atoms with E-state index in [2.05, 4.69) is 10.6 Å². The number of urea groups is 1. The number of aliphatic hydroxyl groups excluding tert-OH is 1. The number of hydrogen-bond acceptors (Lipinski definition) is 3. The maximum absolute atomic E-state index is 11.8. The molecule has 0 bridgehead atoms. The quantitative estimate of drug-likeness (QED) is 0.782. The molecule has 0 aliphatic heterocycles. The molecule has 1 unspecified atom stereocenters. The van der Waals surface area contributed by atoms with Crippen molar-refractivity contribution < 1.29 is 9.90 Å². The Labute approximate surface area is 124 Å². The Morgan fingerprint density at radius 2 is 2.15 bits per heavy atom. The Balaban J connectivity index is 1.65. The average Bonchev–Trinajstić information content (AvgIpc) is 2.89. The zero-order chi connectivity index (χ0) is 14.4. The van der Waals surface area contributed by atoms with Crippen LogP contribution in [0.25, 0.3) is 0 Å². The van der Waals surface area contributed by atoms with Gasteiger partial charge in [0.2, 0.25) is 0 Å². The van der Waals surface area contributed by atoms with E-state index in [1.54, 1.807) is 18.3 Å². The number of carbonyl (C=O) groups is 1. The molecule has 1 fully saturated rings. The van der Waals surface area contributed by atoms with E-state index < -0.39 is 6.10 Å². The van der Waals surface area contributed by atoms with Gasteiger partial charge in [-0.3, -0.25) is 0 Å². The van der Waals surface area contributed by atoms with Gasteiger partial charge in [0.25, 0.3) is 0 Å². The van der Waals surface area contributed by atoms with Gasteiger partial charge in [-0.2, -0.15) is 0 Å². The largest absolute Gasteiger partial charge is 0.388 e.